The number of nitrogens with one attached hydrogen (secondary N) is 3. The number of phenols is 2. The number of Topliss-reactive ketones (excluding diaryl/α,β-unsaturated/α-hetero) is 1. The molecule has 80 heavy (non-hydrogen) atoms. The molecule has 7 aliphatic rings. The third kappa shape index (κ3) is 12.6. The fourth-order valence-corrected chi connectivity index (χ4v) is 12.7. The van der Waals surface area contributed by atoms with E-state index in [9.17, 15) is 44.1 Å². The number of carbonyl (C=O) groups is 6. The van der Waals surface area contributed by atoms with Gasteiger partial charge in [-0.2, -0.15) is 0 Å². The van der Waals surface area contributed by atoms with Crippen molar-refractivity contribution in [3.8, 4) is 23.0 Å². The lowest BCUT2D eigenvalue weighted by atomic mass is 9.49. The third-order valence-electron chi connectivity index (χ3n) is 17.0. The summed E-state index contributed by atoms with van der Waals surface area (Å²) in [7, 11) is 5.81. The molecule has 3 aromatic carbocycles. The molecule has 7 atom stereocenters. The standard InChI is InChI=1S/C20H23NO4.C16H25NO2.C11H16N2O3.C8H9NO2.C6H5NO2/c22-13-4-3-12-9-15-20(24)6-5-14(23)18-19(20,16(12)17(13)25-18)7-8-21(15)10-11-1-2-11;1-17(2)12-14-7-4-5-10-16(14,18)13-8-6-9-15(11-13)19-3;1-4-6-11(7(3)5-2)8(14)12-10(16)13-9(11)15;1-6(10)9-7-2-4-8(11)5-3-7;8-6(9)5-2-1-3-7-4-5/h3-4,11,15,18,22,24H,1-2,5-10H2;6,8-9,11,14,18H,4-5,7,10,12H2,1-3H3;4,7H,1,5-6H2,2-3H3,(H2,12,13,14,15,16);2-5,11H,1H3,(H,9,10);1-4H,(H,8,9)/t15-,18+,19+,20-;14-,16+;;;/m11.../s1. The van der Waals surface area contributed by atoms with Gasteiger partial charge in [-0.15, -0.1) is 6.58 Å². The van der Waals surface area contributed by atoms with Crippen molar-refractivity contribution in [3.05, 3.63) is 120 Å². The number of aliphatic hydroxyl groups is 2. The predicted molar refractivity (Wildman–Crippen MR) is 299 cm³/mol. The number of methoxy groups -OCH3 is 1. The van der Waals surface area contributed by atoms with Gasteiger partial charge >= 0.3 is 12.0 Å². The number of amides is 5. The van der Waals surface area contributed by atoms with Crippen molar-refractivity contribution in [2.75, 3.05) is 46.2 Å². The number of nitrogens with zero attached hydrogens (tertiary/aromatic N) is 3. The lowest BCUT2D eigenvalue weighted by Crippen LogP contribution is -2.76. The van der Waals surface area contributed by atoms with E-state index in [1.165, 1.54) is 62.9 Å². The van der Waals surface area contributed by atoms with Crippen LogP contribution in [0.1, 0.15) is 118 Å². The highest BCUT2D eigenvalue weighted by Gasteiger charge is 2.73. The highest BCUT2D eigenvalue weighted by atomic mass is 16.5. The van der Waals surface area contributed by atoms with E-state index in [0.29, 0.717) is 36.6 Å². The number of ketones is 1. The number of urea groups is 1. The summed E-state index contributed by atoms with van der Waals surface area (Å²) in [6, 6.07) is 20.2. The number of aromatic hydroxyl groups is 2. The van der Waals surface area contributed by atoms with Gasteiger partial charge in [0.05, 0.1) is 29.3 Å². The SMILES string of the molecule is C=CCC1(C(C)CC)C(=O)NC(=O)NC1=O.CC(=O)Nc1ccc(O)cc1.COc1cccc([C@@]2(O)CCCC[C@@H]2CN(C)C)c1.O=C(O)c1cccnc1.O=C1CC[C@@]2(O)[C@H]3Cc4ccc(O)c5c4[C@@]2(CCN3CC2CC2)[C@H]1O5. The Hall–Kier alpha value is -7.19. The van der Waals surface area contributed by atoms with Gasteiger partial charge in [-0.1, -0.05) is 57.4 Å². The summed E-state index contributed by atoms with van der Waals surface area (Å²) in [4.78, 5) is 76.4. The van der Waals surface area contributed by atoms with Crippen LogP contribution in [-0.4, -0.2) is 134 Å². The van der Waals surface area contributed by atoms with Gasteiger partial charge in [0.2, 0.25) is 17.7 Å². The normalized spacial score (nSPS) is 25.9. The number of pyridine rings is 1. The largest absolute Gasteiger partial charge is 0.508 e. The summed E-state index contributed by atoms with van der Waals surface area (Å²) < 4.78 is 11.3. The smallest absolute Gasteiger partial charge is 0.337 e. The molecule has 5 fully saturated rings. The van der Waals surface area contributed by atoms with E-state index in [1.54, 1.807) is 31.4 Å². The quantitative estimate of drug-likeness (QED) is 0.0394. The summed E-state index contributed by atoms with van der Waals surface area (Å²) in [6.45, 7) is 11.6. The van der Waals surface area contributed by atoms with Crippen LogP contribution in [0.5, 0.6) is 23.0 Å². The Morgan fingerprint density at radius 3 is 2.26 bits per heavy atom. The number of barbiturate groups is 1. The fourth-order valence-electron chi connectivity index (χ4n) is 12.7. The first-order valence-electron chi connectivity index (χ1n) is 27.6. The van der Waals surface area contributed by atoms with Crippen LogP contribution in [0.3, 0.4) is 0 Å². The van der Waals surface area contributed by atoms with Crippen molar-refractivity contribution in [2.24, 2.45) is 23.2 Å². The van der Waals surface area contributed by atoms with Crippen LogP contribution in [0.25, 0.3) is 0 Å². The number of benzene rings is 3. The molecule has 4 aliphatic carbocycles. The summed E-state index contributed by atoms with van der Waals surface area (Å²) >= 11 is 0. The van der Waals surface area contributed by atoms with E-state index in [-0.39, 0.29) is 47.1 Å². The number of imide groups is 2. The molecular formula is C61H78N6O13. The monoisotopic (exact) mass is 1100 g/mol. The summed E-state index contributed by atoms with van der Waals surface area (Å²) in [5, 5.41) is 57.6. The van der Waals surface area contributed by atoms with Crippen molar-refractivity contribution < 1.29 is 63.8 Å². The number of phenolic OH excluding ortho intramolecular Hbond substituents is 2. The molecule has 5 amide bonds. The molecule has 2 bridgehead atoms. The Balaban J connectivity index is 0.000000152. The van der Waals surface area contributed by atoms with Crippen LogP contribution in [0.15, 0.2) is 97.8 Å². The van der Waals surface area contributed by atoms with Crippen molar-refractivity contribution in [3.63, 3.8) is 0 Å². The van der Waals surface area contributed by atoms with Gasteiger partial charge in [-0.05, 0) is 150 Å². The van der Waals surface area contributed by atoms with E-state index in [2.05, 4.69) is 51.4 Å². The van der Waals surface area contributed by atoms with Crippen LogP contribution in [0, 0.1) is 23.2 Å². The predicted octanol–water partition coefficient (Wildman–Crippen LogP) is 7.25. The average molecular weight is 1100 g/mol. The van der Waals surface area contributed by atoms with Gasteiger partial charge in [-0.25, -0.2) is 9.59 Å². The lowest BCUT2D eigenvalue weighted by molar-refractivity contribution is -0.188. The zero-order valence-electron chi connectivity index (χ0n) is 46.7. The number of carboxylic acids is 1. The molecule has 0 radical (unpaired) electrons. The van der Waals surface area contributed by atoms with Crippen LogP contribution in [0.2, 0.25) is 0 Å². The number of carbonyl (C=O) groups excluding carboxylic acids is 5. The number of likely N-dealkylation sites (tertiary alicyclic amines) is 1. The second-order valence-electron chi connectivity index (χ2n) is 22.4. The number of anilines is 1. The van der Waals surface area contributed by atoms with Crippen molar-refractivity contribution in [2.45, 2.75) is 127 Å². The minimum absolute atomic E-state index is 0.0454. The Kier molecular flexibility index (Phi) is 19.3. The van der Waals surface area contributed by atoms with Gasteiger partial charge in [0.15, 0.2) is 23.4 Å². The number of piperidine rings is 1. The molecule has 11 rings (SSSR count). The summed E-state index contributed by atoms with van der Waals surface area (Å²) in [5.41, 5.74) is 0.447. The van der Waals surface area contributed by atoms with Gasteiger partial charge in [0, 0.05) is 62.0 Å². The second-order valence-corrected chi connectivity index (χ2v) is 22.4. The van der Waals surface area contributed by atoms with Crippen molar-refractivity contribution in [1.82, 2.24) is 25.4 Å². The zero-order chi connectivity index (χ0) is 58.2. The Labute approximate surface area is 467 Å². The molecule has 3 aliphatic heterocycles. The Bertz CT molecular complexity index is 2880. The van der Waals surface area contributed by atoms with Gasteiger partial charge < -0.3 is 45.2 Å². The average Bonchev–Trinajstić information content (AvgIpc) is 4.36. The minimum Gasteiger partial charge on any atom is -0.508 e. The maximum Gasteiger partial charge on any atom is 0.337 e. The third-order valence-corrected chi connectivity index (χ3v) is 17.0. The fraction of sp³-hybridized carbons (Fsp3) is 0.492. The van der Waals surface area contributed by atoms with E-state index < -0.39 is 52.0 Å². The molecule has 4 aromatic rings. The Morgan fingerprint density at radius 2 is 1.68 bits per heavy atom. The van der Waals surface area contributed by atoms with Crippen molar-refractivity contribution in [1.29, 1.82) is 0 Å². The molecule has 1 unspecified atom stereocenters. The van der Waals surface area contributed by atoms with Crippen LogP contribution in [-0.2, 0) is 36.6 Å². The Morgan fingerprint density at radius 1 is 0.963 bits per heavy atom. The van der Waals surface area contributed by atoms with Gasteiger partial charge in [0.1, 0.15) is 16.9 Å². The highest BCUT2D eigenvalue weighted by Crippen LogP contribution is 2.65. The highest BCUT2D eigenvalue weighted by molar-refractivity contribution is 6.19. The molecule has 1 aromatic heterocycles. The summed E-state index contributed by atoms with van der Waals surface area (Å²) in [6.07, 6.45) is 13.8. The molecule has 3 saturated carbocycles. The van der Waals surface area contributed by atoms with Crippen LogP contribution < -0.4 is 25.4 Å². The van der Waals surface area contributed by atoms with Gasteiger partial charge in [-0.3, -0.25) is 39.7 Å². The first-order valence-corrected chi connectivity index (χ1v) is 27.6. The van der Waals surface area contributed by atoms with E-state index in [0.717, 1.165) is 80.1 Å². The number of hydrogen-bond acceptors (Lipinski definition) is 15. The molecule has 8 N–H and O–H groups in total. The number of carboxylic acid groups (broad SMARTS) is 1. The number of hydrogen-bond donors (Lipinski definition) is 8. The van der Waals surface area contributed by atoms with Crippen molar-refractivity contribution >= 4 is 41.2 Å². The number of aromatic nitrogens is 1. The molecule has 4 heterocycles. The van der Waals surface area contributed by atoms with Crippen LogP contribution >= 0.6 is 0 Å². The zero-order valence-corrected chi connectivity index (χ0v) is 46.7. The summed E-state index contributed by atoms with van der Waals surface area (Å²) in [5.74, 6) is 0.422. The van der Waals surface area contributed by atoms with E-state index in [1.807, 2.05) is 44.2 Å². The molecular weight excluding hydrogens is 1020 g/mol. The molecule has 1 spiro atoms. The second kappa shape index (κ2) is 25.5. The maximum absolute atomic E-state index is 12.7. The first-order chi connectivity index (χ1) is 38.1. The minimum atomic E-state index is -1.20. The topological polar surface area (TPSA) is 277 Å². The maximum atomic E-state index is 12.7. The van der Waals surface area contributed by atoms with Crippen LogP contribution in [0.4, 0.5) is 10.5 Å². The van der Waals surface area contributed by atoms with Gasteiger partial charge in [0.25, 0.3) is 0 Å². The number of allylic oxidation sites excluding steroid dienone is 1. The molecule has 19 nitrogen and oxygen atoms in total. The number of ether oxygens (including phenoxy) is 2. The first kappa shape index (κ1) is 60.5. The number of aromatic carboxylic acids is 1. The van der Waals surface area contributed by atoms with E-state index >= 15 is 0 Å². The molecule has 2 saturated heterocycles. The molecule has 430 valence electrons. The lowest BCUT2D eigenvalue weighted by Gasteiger charge is -2.62. The molecule has 19 heteroatoms. The van der Waals surface area contributed by atoms with E-state index in [4.69, 9.17) is 19.7 Å². The number of rotatable bonds is 12.